The predicted octanol–water partition coefficient (Wildman–Crippen LogP) is 2.26. The lowest BCUT2D eigenvalue weighted by Gasteiger charge is -2.41. The van der Waals surface area contributed by atoms with Gasteiger partial charge in [0.15, 0.2) is 0 Å². The van der Waals surface area contributed by atoms with Crippen LogP contribution in [0.25, 0.3) is 0 Å². The minimum atomic E-state index is 0.423. The quantitative estimate of drug-likeness (QED) is 0.738. The monoisotopic (exact) mass is 232 g/mol. The second kappa shape index (κ2) is 5.65. The number of hydrogen-bond acceptors (Lipinski definition) is 2. The lowest BCUT2D eigenvalue weighted by Crippen LogP contribution is -2.45. The summed E-state index contributed by atoms with van der Waals surface area (Å²) in [5.74, 6) is 0. The Morgan fingerprint density at radius 2 is 2.18 bits per heavy atom. The van der Waals surface area contributed by atoms with E-state index in [-0.39, 0.29) is 0 Å². The normalized spacial score (nSPS) is 17.8. The molecule has 1 aromatic carbocycles. The smallest absolute Gasteiger partial charge is 0.00200 e. The van der Waals surface area contributed by atoms with Crippen molar-refractivity contribution in [1.82, 2.24) is 5.32 Å². The number of hydrogen-bond donors (Lipinski definition) is 2. The van der Waals surface area contributed by atoms with Gasteiger partial charge in [-0.25, -0.2) is 0 Å². The van der Waals surface area contributed by atoms with Crippen molar-refractivity contribution in [2.45, 2.75) is 32.6 Å². The van der Waals surface area contributed by atoms with Crippen LogP contribution in [-0.2, 0) is 6.42 Å². The summed E-state index contributed by atoms with van der Waals surface area (Å²) in [7, 11) is 0. The van der Waals surface area contributed by atoms with Crippen molar-refractivity contribution in [3.8, 4) is 0 Å². The summed E-state index contributed by atoms with van der Waals surface area (Å²) in [6.07, 6.45) is 5.08. The largest absolute Gasteiger partial charge is 0.330 e. The van der Waals surface area contributed by atoms with Gasteiger partial charge in [0.2, 0.25) is 0 Å². The van der Waals surface area contributed by atoms with Gasteiger partial charge in [0.25, 0.3) is 0 Å². The molecule has 3 N–H and O–H groups in total. The molecule has 0 aromatic heterocycles. The summed E-state index contributed by atoms with van der Waals surface area (Å²) in [6, 6.07) is 8.76. The first-order chi connectivity index (χ1) is 8.24. The van der Waals surface area contributed by atoms with Crippen molar-refractivity contribution in [2.24, 2.45) is 11.1 Å². The molecule has 0 saturated heterocycles. The van der Waals surface area contributed by atoms with Crippen molar-refractivity contribution in [2.75, 3.05) is 19.6 Å². The Labute approximate surface area is 105 Å². The minimum Gasteiger partial charge on any atom is -0.330 e. The van der Waals surface area contributed by atoms with Gasteiger partial charge in [0, 0.05) is 6.54 Å². The summed E-state index contributed by atoms with van der Waals surface area (Å²) in [5.41, 5.74) is 9.04. The fourth-order valence-corrected chi connectivity index (χ4v) is 2.58. The van der Waals surface area contributed by atoms with Crippen LogP contribution in [0.3, 0.4) is 0 Å². The summed E-state index contributed by atoms with van der Waals surface area (Å²) < 4.78 is 0. The molecule has 2 nitrogen and oxygen atoms in total. The highest BCUT2D eigenvalue weighted by Crippen LogP contribution is 2.38. The van der Waals surface area contributed by atoms with E-state index in [0.717, 1.165) is 26.1 Å². The number of aryl methyl sites for hydroxylation is 1. The van der Waals surface area contributed by atoms with E-state index in [0.29, 0.717) is 5.41 Å². The van der Waals surface area contributed by atoms with Crippen molar-refractivity contribution in [3.05, 3.63) is 35.4 Å². The zero-order valence-electron chi connectivity index (χ0n) is 10.8. The molecule has 1 aliphatic carbocycles. The zero-order chi connectivity index (χ0) is 12.1. The lowest BCUT2D eigenvalue weighted by molar-refractivity contribution is 0.141. The summed E-state index contributed by atoms with van der Waals surface area (Å²) in [4.78, 5) is 0. The van der Waals surface area contributed by atoms with Crippen molar-refractivity contribution in [1.29, 1.82) is 0 Å². The summed E-state index contributed by atoms with van der Waals surface area (Å²) >= 11 is 0. The Morgan fingerprint density at radius 3 is 2.76 bits per heavy atom. The molecular formula is C15H24N2. The van der Waals surface area contributed by atoms with E-state index in [1.165, 1.54) is 30.4 Å². The van der Waals surface area contributed by atoms with Crippen LogP contribution in [-0.4, -0.2) is 19.6 Å². The van der Waals surface area contributed by atoms with Gasteiger partial charge >= 0.3 is 0 Å². The average molecular weight is 232 g/mol. The molecule has 0 atom stereocenters. The first-order valence-electron chi connectivity index (χ1n) is 6.70. The maximum absolute atomic E-state index is 5.84. The van der Waals surface area contributed by atoms with E-state index in [1.807, 2.05) is 0 Å². The first-order valence-corrected chi connectivity index (χ1v) is 6.70. The van der Waals surface area contributed by atoms with Crippen LogP contribution in [0, 0.1) is 12.3 Å². The molecule has 0 aliphatic heterocycles. The van der Waals surface area contributed by atoms with E-state index < -0.39 is 0 Å². The molecule has 2 rings (SSSR count). The Bertz CT molecular complexity index is 350. The Kier molecular flexibility index (Phi) is 4.19. The zero-order valence-corrected chi connectivity index (χ0v) is 10.8. The Hall–Kier alpha value is -0.860. The van der Waals surface area contributed by atoms with E-state index in [1.54, 1.807) is 0 Å². The molecule has 1 aliphatic rings. The van der Waals surface area contributed by atoms with Crippen LogP contribution in [0.4, 0.5) is 0 Å². The second-order valence-electron chi connectivity index (χ2n) is 5.47. The molecule has 0 bridgehead atoms. The molecule has 17 heavy (non-hydrogen) atoms. The maximum atomic E-state index is 5.84. The van der Waals surface area contributed by atoms with Crippen LogP contribution >= 0.6 is 0 Å². The summed E-state index contributed by atoms with van der Waals surface area (Å²) in [5, 5.41) is 3.57. The van der Waals surface area contributed by atoms with E-state index in [4.69, 9.17) is 5.73 Å². The van der Waals surface area contributed by atoms with E-state index in [2.05, 4.69) is 36.5 Å². The molecule has 0 unspecified atom stereocenters. The van der Waals surface area contributed by atoms with Crippen LogP contribution in [0.5, 0.6) is 0 Å². The van der Waals surface area contributed by atoms with Gasteiger partial charge in [-0.1, -0.05) is 36.2 Å². The Balaban J connectivity index is 1.69. The predicted molar refractivity (Wildman–Crippen MR) is 73.1 cm³/mol. The van der Waals surface area contributed by atoms with Crippen LogP contribution in [0.2, 0.25) is 0 Å². The van der Waals surface area contributed by atoms with Crippen molar-refractivity contribution in [3.63, 3.8) is 0 Å². The summed E-state index contributed by atoms with van der Waals surface area (Å²) in [6.45, 7) is 5.14. The Morgan fingerprint density at radius 1 is 1.35 bits per heavy atom. The van der Waals surface area contributed by atoms with Gasteiger partial charge in [0.05, 0.1) is 0 Å². The average Bonchev–Trinajstić information content (AvgIpc) is 2.27. The SMILES string of the molecule is Cc1cccc(CCNCC2(CN)CCC2)c1. The molecule has 0 spiro atoms. The molecule has 94 valence electrons. The molecule has 1 aromatic rings. The van der Waals surface area contributed by atoms with Gasteiger partial charge in [-0.15, -0.1) is 0 Å². The fraction of sp³-hybridized carbons (Fsp3) is 0.600. The van der Waals surface area contributed by atoms with Crippen molar-refractivity contribution >= 4 is 0 Å². The van der Waals surface area contributed by atoms with Gasteiger partial charge < -0.3 is 11.1 Å². The highest BCUT2D eigenvalue weighted by atomic mass is 14.9. The molecule has 1 fully saturated rings. The number of nitrogens with one attached hydrogen (secondary N) is 1. The minimum absolute atomic E-state index is 0.423. The molecular weight excluding hydrogens is 208 g/mol. The fourth-order valence-electron chi connectivity index (χ4n) is 2.58. The third-order valence-electron chi connectivity index (χ3n) is 4.02. The van der Waals surface area contributed by atoms with Crippen LogP contribution in [0.1, 0.15) is 30.4 Å². The van der Waals surface area contributed by atoms with Gasteiger partial charge in [-0.2, -0.15) is 0 Å². The molecule has 0 amide bonds. The number of nitrogens with two attached hydrogens (primary N) is 1. The third-order valence-corrected chi connectivity index (χ3v) is 4.02. The van der Waals surface area contributed by atoms with Gasteiger partial charge in [0.1, 0.15) is 0 Å². The van der Waals surface area contributed by atoms with Crippen LogP contribution in [0.15, 0.2) is 24.3 Å². The topological polar surface area (TPSA) is 38.0 Å². The second-order valence-corrected chi connectivity index (χ2v) is 5.47. The highest BCUT2D eigenvalue weighted by molar-refractivity contribution is 5.22. The lowest BCUT2D eigenvalue weighted by atomic mass is 9.69. The first kappa shape index (κ1) is 12.6. The standard InChI is InChI=1S/C15H24N2/c1-13-4-2-5-14(10-13)6-9-17-12-15(11-16)7-3-8-15/h2,4-5,10,17H,3,6-9,11-12,16H2,1H3. The van der Waals surface area contributed by atoms with Gasteiger partial charge in [-0.3, -0.25) is 0 Å². The number of benzene rings is 1. The molecule has 1 saturated carbocycles. The molecule has 0 radical (unpaired) electrons. The van der Waals surface area contributed by atoms with E-state index >= 15 is 0 Å². The number of rotatable bonds is 6. The van der Waals surface area contributed by atoms with E-state index in [9.17, 15) is 0 Å². The highest BCUT2D eigenvalue weighted by Gasteiger charge is 2.34. The van der Waals surface area contributed by atoms with Gasteiger partial charge in [-0.05, 0) is 50.3 Å². The maximum Gasteiger partial charge on any atom is 0.00200 e. The molecule has 0 heterocycles. The molecule has 2 heteroatoms. The van der Waals surface area contributed by atoms with Crippen LogP contribution < -0.4 is 11.1 Å². The third kappa shape index (κ3) is 3.30. The van der Waals surface area contributed by atoms with Crippen molar-refractivity contribution < 1.29 is 0 Å².